The summed E-state index contributed by atoms with van der Waals surface area (Å²) in [6.07, 6.45) is 7.44. The van der Waals surface area contributed by atoms with Crippen molar-refractivity contribution < 1.29 is 28.6 Å². The van der Waals surface area contributed by atoms with Crippen LogP contribution in [-0.4, -0.2) is 57.6 Å². The lowest BCUT2D eigenvalue weighted by Crippen LogP contribution is -2.40. The Morgan fingerprint density at radius 1 is 1.19 bits per heavy atom. The maximum absolute atomic E-state index is 14.0. The molecule has 1 aliphatic heterocycles. The van der Waals surface area contributed by atoms with Crippen LogP contribution in [-0.2, 0) is 21.4 Å². The van der Waals surface area contributed by atoms with E-state index in [2.05, 4.69) is 11.1 Å². The molecule has 42 heavy (non-hydrogen) atoms. The Morgan fingerprint density at radius 3 is 2.74 bits per heavy atom. The van der Waals surface area contributed by atoms with Crippen LogP contribution in [0, 0.1) is 11.8 Å². The molecule has 3 aromatic heterocycles. The van der Waals surface area contributed by atoms with Crippen molar-refractivity contribution in [2.45, 2.75) is 44.6 Å². The average molecular weight is 593 g/mol. The van der Waals surface area contributed by atoms with Crippen molar-refractivity contribution in [1.29, 1.82) is 0 Å². The van der Waals surface area contributed by atoms with Crippen molar-refractivity contribution >= 4 is 39.4 Å². The molecule has 11 heteroatoms. The third-order valence-corrected chi connectivity index (χ3v) is 8.92. The van der Waals surface area contributed by atoms with Gasteiger partial charge in [0.05, 0.1) is 12.1 Å². The number of hydrogen-bond acceptors (Lipinski definition) is 7. The van der Waals surface area contributed by atoms with Crippen LogP contribution in [0.3, 0.4) is 0 Å². The largest absolute Gasteiger partial charge is 0.481 e. The second-order valence-electron chi connectivity index (χ2n) is 11.1. The highest BCUT2D eigenvalue weighted by molar-refractivity contribution is 7.14. The maximum atomic E-state index is 14.0. The summed E-state index contributed by atoms with van der Waals surface area (Å²) >= 11 is 1.35. The number of hydrogen-bond donors (Lipinski definition) is 1. The molecule has 1 aliphatic carbocycles. The topological polar surface area (TPSA) is 107 Å². The number of halogens is 1. The molecule has 0 spiro atoms. The summed E-state index contributed by atoms with van der Waals surface area (Å²) in [6, 6.07) is 9.40. The standard InChI is InChI=1S/C31H33FN4O5S/c1-35-9-6-20-13-22(16-33-29(20)35)25-5-4-24(41-18-32)15-26(25)27-17-42-31(34-27)36(23-2-3-23)30(39)21(14-28(37)38)12-19-7-10-40-11-8-19/h4-6,9,13,15-17,19,21,23H,2-3,7-8,10-12,14,18H2,1H3,(H,37,38). The van der Waals surface area contributed by atoms with Gasteiger partial charge in [-0.05, 0) is 73.9 Å². The summed E-state index contributed by atoms with van der Waals surface area (Å²) in [6.45, 7) is 0.322. The number of carbonyl (C=O) groups is 2. The molecule has 1 amide bonds. The molecule has 0 radical (unpaired) electrons. The SMILES string of the molecule is Cn1ccc2cc(-c3ccc(OCF)cc3-c3csc(N(C(=O)C(CC(=O)O)CC4CCOCC4)C4CC4)n3)cnc21. The van der Waals surface area contributed by atoms with E-state index in [-0.39, 0.29) is 24.3 Å². The van der Waals surface area contributed by atoms with Gasteiger partial charge in [-0.1, -0.05) is 0 Å². The third kappa shape index (κ3) is 6.03. The number of thiazole rings is 1. The molecule has 2 fully saturated rings. The number of aliphatic carboxylic acids is 1. The maximum Gasteiger partial charge on any atom is 0.304 e. The molecule has 9 nitrogen and oxygen atoms in total. The summed E-state index contributed by atoms with van der Waals surface area (Å²) in [5.74, 6) is -1.15. The minimum Gasteiger partial charge on any atom is -0.481 e. The van der Waals surface area contributed by atoms with Gasteiger partial charge >= 0.3 is 5.97 Å². The number of alkyl halides is 1. The van der Waals surface area contributed by atoms with Crippen molar-refractivity contribution in [2.24, 2.45) is 18.9 Å². The fourth-order valence-corrected chi connectivity index (χ4v) is 6.67. The van der Waals surface area contributed by atoms with E-state index in [1.807, 2.05) is 35.3 Å². The fourth-order valence-electron chi connectivity index (χ4n) is 5.77. The normalized spacial score (nSPS) is 16.4. The minimum absolute atomic E-state index is 0.00727. The Bertz CT molecular complexity index is 1590. The van der Waals surface area contributed by atoms with Crippen LogP contribution >= 0.6 is 11.3 Å². The van der Waals surface area contributed by atoms with Crippen molar-refractivity contribution in [1.82, 2.24) is 14.5 Å². The Morgan fingerprint density at radius 2 is 2.00 bits per heavy atom. The van der Waals surface area contributed by atoms with Crippen LogP contribution in [0.1, 0.15) is 38.5 Å². The molecule has 1 N–H and O–H groups in total. The van der Waals surface area contributed by atoms with Crippen molar-refractivity contribution in [3.8, 4) is 28.1 Å². The van der Waals surface area contributed by atoms with E-state index in [0.717, 1.165) is 53.4 Å². The molecular formula is C31H33FN4O5S. The Labute approximate surface area is 246 Å². The molecular weight excluding hydrogens is 559 g/mol. The number of anilines is 1. The number of carboxylic acids is 1. The zero-order valence-corrected chi connectivity index (χ0v) is 24.2. The summed E-state index contributed by atoms with van der Waals surface area (Å²) in [4.78, 5) is 37.0. The zero-order chi connectivity index (χ0) is 29.2. The van der Waals surface area contributed by atoms with Crippen LogP contribution in [0.2, 0.25) is 0 Å². The number of carbonyl (C=O) groups excluding carboxylic acids is 1. The first-order valence-corrected chi connectivity index (χ1v) is 15.1. The van der Waals surface area contributed by atoms with E-state index >= 15 is 0 Å². The Hall–Kier alpha value is -3.83. The number of benzene rings is 1. The first-order chi connectivity index (χ1) is 20.4. The fraction of sp³-hybridized carbons (Fsp3) is 0.419. The number of carboxylic acid groups (broad SMARTS) is 1. The summed E-state index contributed by atoms with van der Waals surface area (Å²) < 4.78 is 25.7. The summed E-state index contributed by atoms with van der Waals surface area (Å²) in [7, 11) is 1.94. The molecule has 1 atom stereocenters. The lowest BCUT2D eigenvalue weighted by Gasteiger charge is -2.29. The molecule has 0 bridgehead atoms. The van der Waals surface area contributed by atoms with Crippen molar-refractivity contribution in [3.05, 3.63) is 48.1 Å². The smallest absolute Gasteiger partial charge is 0.304 e. The van der Waals surface area contributed by atoms with Gasteiger partial charge in [0.1, 0.15) is 11.4 Å². The number of ether oxygens (including phenoxy) is 2. The van der Waals surface area contributed by atoms with Gasteiger partial charge in [0.25, 0.3) is 0 Å². The molecule has 4 heterocycles. The van der Waals surface area contributed by atoms with Crippen LogP contribution in [0.15, 0.2) is 48.1 Å². The van der Waals surface area contributed by atoms with Gasteiger partial charge in [-0.3, -0.25) is 14.5 Å². The first-order valence-electron chi connectivity index (χ1n) is 14.2. The highest BCUT2D eigenvalue weighted by Gasteiger charge is 2.40. The van der Waals surface area contributed by atoms with E-state index in [4.69, 9.17) is 14.5 Å². The monoisotopic (exact) mass is 592 g/mol. The number of rotatable bonds is 11. The van der Waals surface area contributed by atoms with Crippen LogP contribution in [0.5, 0.6) is 5.75 Å². The lowest BCUT2D eigenvalue weighted by atomic mass is 9.86. The highest BCUT2D eigenvalue weighted by atomic mass is 32.1. The number of amides is 1. The Balaban J connectivity index is 1.34. The van der Waals surface area contributed by atoms with E-state index in [1.54, 1.807) is 23.2 Å². The number of nitrogens with zero attached hydrogens (tertiary/aromatic N) is 4. The van der Waals surface area contributed by atoms with Gasteiger partial charge in [0, 0.05) is 66.5 Å². The molecule has 1 aromatic carbocycles. The average Bonchev–Trinajstić information content (AvgIpc) is 3.58. The zero-order valence-electron chi connectivity index (χ0n) is 23.4. The van der Waals surface area contributed by atoms with Crippen molar-refractivity contribution in [2.75, 3.05) is 25.0 Å². The van der Waals surface area contributed by atoms with Gasteiger partial charge in [-0.25, -0.2) is 14.4 Å². The predicted molar refractivity (Wildman–Crippen MR) is 158 cm³/mol. The molecule has 1 unspecified atom stereocenters. The predicted octanol–water partition coefficient (Wildman–Crippen LogP) is 6.07. The van der Waals surface area contributed by atoms with E-state index in [1.165, 1.54) is 11.3 Å². The second-order valence-corrected chi connectivity index (χ2v) is 11.9. The van der Waals surface area contributed by atoms with Gasteiger partial charge in [-0.2, -0.15) is 0 Å². The first kappa shape index (κ1) is 28.3. The van der Waals surface area contributed by atoms with Crippen molar-refractivity contribution in [3.63, 3.8) is 0 Å². The van der Waals surface area contributed by atoms with Gasteiger partial charge in [0.15, 0.2) is 5.13 Å². The molecule has 220 valence electrons. The quantitative estimate of drug-likeness (QED) is 0.225. The molecule has 1 saturated heterocycles. The summed E-state index contributed by atoms with van der Waals surface area (Å²) in [5.41, 5.74) is 3.94. The molecule has 1 saturated carbocycles. The number of pyridine rings is 1. The van der Waals surface area contributed by atoms with E-state index in [9.17, 15) is 19.1 Å². The number of aryl methyl sites for hydroxylation is 1. The molecule has 2 aliphatic rings. The minimum atomic E-state index is -0.978. The number of fused-ring (bicyclic) bond motifs is 1. The Kier molecular flexibility index (Phi) is 8.21. The molecule has 6 rings (SSSR count). The molecule has 4 aromatic rings. The van der Waals surface area contributed by atoms with E-state index in [0.29, 0.717) is 36.2 Å². The number of aromatic nitrogens is 3. The summed E-state index contributed by atoms with van der Waals surface area (Å²) in [5, 5.41) is 13.1. The van der Waals surface area contributed by atoms with Crippen LogP contribution in [0.4, 0.5) is 9.52 Å². The van der Waals surface area contributed by atoms with Gasteiger partial charge in [-0.15, -0.1) is 11.3 Å². The second kappa shape index (κ2) is 12.2. The third-order valence-electron chi connectivity index (χ3n) is 8.08. The van der Waals surface area contributed by atoms with Gasteiger partial charge in [0.2, 0.25) is 12.8 Å². The van der Waals surface area contributed by atoms with Crippen LogP contribution < -0.4 is 9.64 Å². The highest BCUT2D eigenvalue weighted by Crippen LogP contribution is 2.41. The van der Waals surface area contributed by atoms with Gasteiger partial charge < -0.3 is 19.1 Å². The lowest BCUT2D eigenvalue weighted by molar-refractivity contribution is -0.141. The van der Waals surface area contributed by atoms with E-state index < -0.39 is 18.7 Å². The van der Waals surface area contributed by atoms with Crippen LogP contribution in [0.25, 0.3) is 33.4 Å².